The smallest absolute Gasteiger partial charge is 0.387 e. The van der Waals surface area contributed by atoms with Crippen LogP contribution in [0.5, 0.6) is 5.75 Å². The van der Waals surface area contributed by atoms with Gasteiger partial charge in [-0.3, -0.25) is 9.69 Å². The van der Waals surface area contributed by atoms with Crippen LogP contribution in [-0.2, 0) is 11.3 Å². The Bertz CT molecular complexity index is 998. The number of hydrogen-bond acceptors (Lipinski definition) is 3. The first-order valence-corrected chi connectivity index (χ1v) is 10.1. The van der Waals surface area contributed by atoms with Gasteiger partial charge in [0.2, 0.25) is 5.91 Å². The van der Waals surface area contributed by atoms with Gasteiger partial charge in [-0.1, -0.05) is 65.7 Å². The molecule has 0 aromatic heterocycles. The van der Waals surface area contributed by atoms with Gasteiger partial charge in [0.15, 0.2) is 0 Å². The lowest BCUT2D eigenvalue weighted by atomic mass is 10.0. The maximum absolute atomic E-state index is 13.2. The molecular weight excluding hydrogens is 445 g/mol. The van der Waals surface area contributed by atoms with Crippen LogP contribution in [0.1, 0.15) is 17.2 Å². The van der Waals surface area contributed by atoms with Crippen molar-refractivity contribution in [1.82, 2.24) is 4.90 Å². The van der Waals surface area contributed by atoms with Gasteiger partial charge in [-0.05, 0) is 48.5 Å². The number of alkyl halides is 2. The Morgan fingerprint density at radius 2 is 1.61 bits per heavy atom. The number of carbonyl (C=O) groups is 1. The first-order chi connectivity index (χ1) is 14.8. The molecule has 0 aliphatic heterocycles. The van der Waals surface area contributed by atoms with Crippen LogP contribution in [0.3, 0.4) is 0 Å². The summed E-state index contributed by atoms with van der Waals surface area (Å²) in [6.45, 7) is -2.47. The predicted molar refractivity (Wildman–Crippen MR) is 119 cm³/mol. The Kier molecular flexibility index (Phi) is 7.85. The van der Waals surface area contributed by atoms with Crippen LogP contribution in [0.2, 0.25) is 10.0 Å². The van der Waals surface area contributed by atoms with Crippen molar-refractivity contribution < 1.29 is 18.3 Å². The van der Waals surface area contributed by atoms with E-state index in [0.717, 1.165) is 11.1 Å². The number of ether oxygens (including phenoxy) is 1. The van der Waals surface area contributed by atoms with Crippen molar-refractivity contribution in [3.63, 3.8) is 0 Å². The van der Waals surface area contributed by atoms with E-state index in [1.165, 1.54) is 12.1 Å². The first kappa shape index (κ1) is 23.0. The van der Waals surface area contributed by atoms with Crippen LogP contribution in [0.4, 0.5) is 14.5 Å². The Morgan fingerprint density at radius 1 is 1.00 bits per heavy atom. The standard InChI is InChI=1S/C23H20Cl2F2N2O2/c1-29(14-15-7-9-20(10-8-15)31-23(26)27)21(16-5-3-2-4-6-16)22(30)28-19-12-17(24)11-18(25)13-19/h2-13,21,23H,14H2,1H3,(H,28,30)/t21-/m1/s1. The fourth-order valence-corrected chi connectivity index (χ4v) is 3.76. The second-order valence-corrected chi connectivity index (χ2v) is 7.77. The van der Waals surface area contributed by atoms with E-state index in [1.54, 1.807) is 30.3 Å². The van der Waals surface area contributed by atoms with E-state index in [1.807, 2.05) is 42.3 Å². The van der Waals surface area contributed by atoms with Crippen LogP contribution in [0.25, 0.3) is 0 Å². The summed E-state index contributed by atoms with van der Waals surface area (Å²) >= 11 is 12.1. The molecule has 3 aromatic rings. The molecule has 0 aliphatic carbocycles. The van der Waals surface area contributed by atoms with Gasteiger partial charge in [-0.15, -0.1) is 0 Å². The van der Waals surface area contributed by atoms with Gasteiger partial charge >= 0.3 is 6.61 Å². The van der Waals surface area contributed by atoms with Crippen LogP contribution >= 0.6 is 23.2 Å². The third-order valence-electron chi connectivity index (χ3n) is 4.52. The molecule has 0 saturated carbocycles. The number of amides is 1. The monoisotopic (exact) mass is 464 g/mol. The van der Waals surface area contributed by atoms with E-state index in [2.05, 4.69) is 10.1 Å². The zero-order chi connectivity index (χ0) is 22.4. The van der Waals surface area contributed by atoms with E-state index < -0.39 is 12.7 Å². The third kappa shape index (κ3) is 6.66. The number of carbonyl (C=O) groups excluding carboxylic acids is 1. The SMILES string of the molecule is CN(Cc1ccc(OC(F)F)cc1)[C@@H](C(=O)Nc1cc(Cl)cc(Cl)c1)c1ccccc1. The molecule has 1 atom stereocenters. The van der Waals surface area contributed by atoms with Crippen molar-refractivity contribution in [2.45, 2.75) is 19.2 Å². The number of anilines is 1. The number of nitrogens with zero attached hydrogens (tertiary/aromatic N) is 1. The largest absolute Gasteiger partial charge is 0.435 e. The lowest BCUT2D eigenvalue weighted by Crippen LogP contribution is -2.34. The van der Waals surface area contributed by atoms with Crippen LogP contribution in [0.15, 0.2) is 72.8 Å². The zero-order valence-electron chi connectivity index (χ0n) is 16.6. The Labute approximate surface area is 189 Å². The van der Waals surface area contributed by atoms with Crippen molar-refractivity contribution >= 4 is 34.8 Å². The van der Waals surface area contributed by atoms with Crippen LogP contribution in [0, 0.1) is 0 Å². The third-order valence-corrected chi connectivity index (χ3v) is 4.95. The molecule has 1 amide bonds. The second kappa shape index (κ2) is 10.6. The molecule has 4 nitrogen and oxygen atoms in total. The van der Waals surface area contributed by atoms with Crippen molar-refractivity contribution in [1.29, 1.82) is 0 Å². The molecule has 162 valence electrons. The topological polar surface area (TPSA) is 41.6 Å². The van der Waals surface area contributed by atoms with E-state index in [-0.39, 0.29) is 11.7 Å². The van der Waals surface area contributed by atoms with Gasteiger partial charge < -0.3 is 10.1 Å². The minimum atomic E-state index is -2.88. The Hall–Kier alpha value is -2.67. The van der Waals surface area contributed by atoms with Gasteiger partial charge in [-0.2, -0.15) is 8.78 Å². The van der Waals surface area contributed by atoms with Crippen molar-refractivity contribution in [3.05, 3.63) is 94.0 Å². The summed E-state index contributed by atoms with van der Waals surface area (Å²) in [5, 5.41) is 3.70. The molecule has 1 N–H and O–H groups in total. The minimum Gasteiger partial charge on any atom is -0.435 e. The van der Waals surface area contributed by atoms with Gasteiger partial charge in [0.25, 0.3) is 0 Å². The Morgan fingerprint density at radius 3 is 2.19 bits per heavy atom. The maximum Gasteiger partial charge on any atom is 0.387 e. The molecule has 0 saturated heterocycles. The average Bonchev–Trinajstić information content (AvgIpc) is 2.69. The molecule has 31 heavy (non-hydrogen) atoms. The summed E-state index contributed by atoms with van der Waals surface area (Å²) in [5.41, 5.74) is 2.13. The summed E-state index contributed by atoms with van der Waals surface area (Å²) in [5.74, 6) is -0.179. The summed E-state index contributed by atoms with van der Waals surface area (Å²) < 4.78 is 29.1. The molecule has 0 bridgehead atoms. The lowest BCUT2D eigenvalue weighted by molar-refractivity contribution is -0.121. The van der Waals surface area contributed by atoms with Gasteiger partial charge in [-0.25, -0.2) is 0 Å². The van der Waals surface area contributed by atoms with Crippen LogP contribution < -0.4 is 10.1 Å². The molecule has 0 unspecified atom stereocenters. The fourth-order valence-electron chi connectivity index (χ4n) is 3.23. The number of rotatable bonds is 8. The highest BCUT2D eigenvalue weighted by Crippen LogP contribution is 2.27. The molecule has 0 aliphatic rings. The van der Waals surface area contributed by atoms with Crippen molar-refractivity contribution in [2.24, 2.45) is 0 Å². The van der Waals surface area contributed by atoms with E-state index in [4.69, 9.17) is 23.2 Å². The van der Waals surface area contributed by atoms with Gasteiger partial charge in [0.05, 0.1) is 0 Å². The number of nitrogens with one attached hydrogen (secondary N) is 1. The molecule has 8 heteroatoms. The number of likely N-dealkylation sites (N-methyl/N-ethyl adjacent to an activating group) is 1. The minimum absolute atomic E-state index is 0.0802. The molecule has 0 radical (unpaired) electrons. The fraction of sp³-hybridized carbons (Fsp3) is 0.174. The quantitative estimate of drug-likeness (QED) is 0.418. The van der Waals surface area contributed by atoms with E-state index in [9.17, 15) is 13.6 Å². The summed E-state index contributed by atoms with van der Waals surface area (Å²) in [4.78, 5) is 15.1. The van der Waals surface area contributed by atoms with E-state index >= 15 is 0 Å². The summed E-state index contributed by atoms with van der Waals surface area (Å²) in [6, 6.07) is 19.8. The highest BCUT2D eigenvalue weighted by molar-refractivity contribution is 6.35. The molecule has 3 rings (SSSR count). The zero-order valence-corrected chi connectivity index (χ0v) is 18.1. The van der Waals surface area contributed by atoms with Gasteiger partial charge in [0, 0.05) is 22.3 Å². The lowest BCUT2D eigenvalue weighted by Gasteiger charge is -2.28. The second-order valence-electron chi connectivity index (χ2n) is 6.90. The first-order valence-electron chi connectivity index (χ1n) is 9.37. The number of benzene rings is 3. The van der Waals surface area contributed by atoms with Crippen LogP contribution in [-0.4, -0.2) is 24.5 Å². The summed E-state index contributed by atoms with van der Waals surface area (Å²) in [6.07, 6.45) is 0. The average molecular weight is 465 g/mol. The molecule has 0 spiro atoms. The number of hydrogen-bond donors (Lipinski definition) is 1. The molecular formula is C23H20Cl2F2N2O2. The number of halogens is 4. The predicted octanol–water partition coefficient (Wildman–Crippen LogP) is 6.41. The molecule has 0 heterocycles. The van der Waals surface area contributed by atoms with Crippen molar-refractivity contribution in [2.75, 3.05) is 12.4 Å². The van der Waals surface area contributed by atoms with E-state index in [0.29, 0.717) is 22.3 Å². The normalized spacial score (nSPS) is 12.1. The highest BCUT2D eigenvalue weighted by Gasteiger charge is 2.25. The van der Waals surface area contributed by atoms with Crippen molar-refractivity contribution in [3.8, 4) is 5.75 Å². The van der Waals surface area contributed by atoms with Gasteiger partial charge in [0.1, 0.15) is 11.8 Å². The molecule has 3 aromatic carbocycles. The highest BCUT2D eigenvalue weighted by atomic mass is 35.5. The Balaban J connectivity index is 1.80. The molecule has 0 fully saturated rings. The summed E-state index contributed by atoms with van der Waals surface area (Å²) in [7, 11) is 1.81. The maximum atomic E-state index is 13.2.